The second-order valence-corrected chi connectivity index (χ2v) is 9.57. The molecular formula is C24H28N2O6S. The van der Waals surface area contributed by atoms with Gasteiger partial charge in [0, 0.05) is 42.7 Å². The van der Waals surface area contributed by atoms with Crippen LogP contribution in [-0.4, -0.2) is 62.0 Å². The molecule has 1 aromatic carbocycles. The van der Waals surface area contributed by atoms with Crippen molar-refractivity contribution in [2.75, 3.05) is 32.9 Å². The van der Waals surface area contributed by atoms with E-state index < -0.39 is 16.0 Å². The van der Waals surface area contributed by atoms with Gasteiger partial charge in [0.2, 0.25) is 15.8 Å². The first-order valence-corrected chi connectivity index (χ1v) is 12.0. The summed E-state index contributed by atoms with van der Waals surface area (Å²) in [5.41, 5.74) is 2.88. The lowest BCUT2D eigenvalue weighted by atomic mass is 10.1. The van der Waals surface area contributed by atoms with Crippen molar-refractivity contribution < 1.29 is 27.5 Å². The number of aryl methyl sites for hydroxylation is 1. The van der Waals surface area contributed by atoms with Gasteiger partial charge in [-0.25, -0.2) is 13.2 Å². The third-order valence-corrected chi connectivity index (χ3v) is 7.34. The number of sulfonamides is 1. The maximum Gasteiger partial charge on any atom is 0.331 e. The number of morpholine rings is 1. The highest BCUT2D eigenvalue weighted by molar-refractivity contribution is 7.89. The van der Waals surface area contributed by atoms with Gasteiger partial charge in [-0.2, -0.15) is 4.31 Å². The van der Waals surface area contributed by atoms with E-state index in [9.17, 15) is 18.0 Å². The summed E-state index contributed by atoms with van der Waals surface area (Å²) in [5, 5.41) is 0. The minimum absolute atomic E-state index is 0.184. The molecule has 2 heterocycles. The summed E-state index contributed by atoms with van der Waals surface area (Å²) in [6, 6.07) is 7.99. The summed E-state index contributed by atoms with van der Waals surface area (Å²) in [6.45, 7) is 9.11. The second kappa shape index (κ2) is 10.7. The molecule has 0 radical (unpaired) electrons. The monoisotopic (exact) mass is 472 g/mol. The number of nitrogens with zero attached hydrogens (tertiary/aromatic N) is 2. The lowest BCUT2D eigenvalue weighted by Crippen LogP contribution is -2.40. The van der Waals surface area contributed by atoms with Gasteiger partial charge in [-0.3, -0.25) is 4.79 Å². The zero-order valence-corrected chi connectivity index (χ0v) is 19.6. The molecular weight excluding hydrogens is 444 g/mol. The van der Waals surface area contributed by atoms with E-state index in [0.717, 1.165) is 11.4 Å². The van der Waals surface area contributed by atoms with E-state index in [-0.39, 0.29) is 17.3 Å². The van der Waals surface area contributed by atoms with E-state index in [4.69, 9.17) is 9.47 Å². The largest absolute Gasteiger partial charge is 0.454 e. The van der Waals surface area contributed by atoms with Gasteiger partial charge in [-0.15, -0.1) is 6.58 Å². The number of rotatable bonds is 9. The first kappa shape index (κ1) is 24.6. The standard InChI is InChI=1S/C24H28N2O6S/c1-4-11-26-18(2)16-22(19(26)3)23(27)17-32-24(28)10-7-20-5-8-21(9-6-20)33(29,30)25-12-14-31-15-13-25/h4-10,16H,1,11-15,17H2,2-3H3/b10-7+. The van der Waals surface area contributed by atoms with Gasteiger partial charge >= 0.3 is 5.97 Å². The normalized spacial score (nSPS) is 15.0. The third kappa shape index (κ3) is 5.87. The number of allylic oxidation sites excluding steroid dienone is 1. The van der Waals surface area contributed by atoms with E-state index in [1.807, 2.05) is 18.4 Å². The van der Waals surface area contributed by atoms with Crippen molar-refractivity contribution >= 4 is 27.9 Å². The average molecular weight is 473 g/mol. The van der Waals surface area contributed by atoms with E-state index in [1.54, 1.807) is 24.3 Å². The molecule has 0 bridgehead atoms. The summed E-state index contributed by atoms with van der Waals surface area (Å²) in [7, 11) is -3.57. The van der Waals surface area contributed by atoms with Gasteiger partial charge in [-0.1, -0.05) is 18.2 Å². The fraction of sp³-hybridized carbons (Fsp3) is 0.333. The number of ether oxygens (including phenoxy) is 2. The number of Topliss-reactive ketones (excluding diaryl/α,β-unsaturated/α-hetero) is 1. The molecule has 176 valence electrons. The van der Waals surface area contributed by atoms with Crippen LogP contribution in [-0.2, 0) is 30.8 Å². The van der Waals surface area contributed by atoms with Crippen LogP contribution in [0.3, 0.4) is 0 Å². The Balaban J connectivity index is 1.57. The fourth-order valence-corrected chi connectivity index (χ4v) is 5.02. The summed E-state index contributed by atoms with van der Waals surface area (Å²) in [4.78, 5) is 24.7. The molecule has 8 nitrogen and oxygen atoms in total. The van der Waals surface area contributed by atoms with Crippen LogP contribution in [0.2, 0.25) is 0 Å². The minimum Gasteiger partial charge on any atom is -0.454 e. The zero-order valence-electron chi connectivity index (χ0n) is 18.8. The molecule has 3 rings (SSSR count). The maximum atomic E-state index is 12.7. The van der Waals surface area contributed by atoms with E-state index in [1.165, 1.54) is 28.6 Å². The third-order valence-electron chi connectivity index (χ3n) is 5.43. The molecule has 0 saturated carbocycles. The predicted octanol–water partition coefficient (Wildman–Crippen LogP) is 2.75. The average Bonchev–Trinajstić information content (AvgIpc) is 3.10. The zero-order chi connectivity index (χ0) is 24.0. The highest BCUT2D eigenvalue weighted by atomic mass is 32.2. The van der Waals surface area contributed by atoms with Gasteiger partial charge in [0.1, 0.15) is 0 Å². The van der Waals surface area contributed by atoms with E-state index in [0.29, 0.717) is 44.0 Å². The van der Waals surface area contributed by atoms with Crippen LogP contribution in [0.15, 0.2) is 54.0 Å². The highest BCUT2D eigenvalue weighted by Gasteiger charge is 2.26. The summed E-state index contributed by atoms with van der Waals surface area (Å²) >= 11 is 0. The molecule has 0 atom stereocenters. The first-order valence-electron chi connectivity index (χ1n) is 10.6. The second-order valence-electron chi connectivity index (χ2n) is 7.63. The van der Waals surface area contributed by atoms with E-state index >= 15 is 0 Å². The lowest BCUT2D eigenvalue weighted by molar-refractivity contribution is -0.136. The topological polar surface area (TPSA) is 94.9 Å². The van der Waals surface area contributed by atoms with Crippen LogP contribution in [0.1, 0.15) is 27.3 Å². The van der Waals surface area contributed by atoms with Crippen LogP contribution in [0.4, 0.5) is 0 Å². The van der Waals surface area contributed by atoms with Crippen LogP contribution in [0.5, 0.6) is 0 Å². The van der Waals surface area contributed by atoms with Gasteiger partial charge in [-0.05, 0) is 43.7 Å². The summed E-state index contributed by atoms with van der Waals surface area (Å²) < 4.78 is 38.9. The fourth-order valence-electron chi connectivity index (χ4n) is 3.61. The minimum atomic E-state index is -3.57. The van der Waals surface area contributed by atoms with Gasteiger partial charge in [0.15, 0.2) is 6.61 Å². The molecule has 0 N–H and O–H groups in total. The number of hydrogen-bond acceptors (Lipinski definition) is 6. The van der Waals surface area contributed by atoms with E-state index in [2.05, 4.69) is 6.58 Å². The summed E-state index contributed by atoms with van der Waals surface area (Å²) in [5.74, 6) is -0.939. The van der Waals surface area contributed by atoms with Gasteiger partial charge in [0.25, 0.3) is 0 Å². The molecule has 1 aliphatic heterocycles. The number of carbonyl (C=O) groups is 2. The molecule has 9 heteroatoms. The number of ketones is 1. The van der Waals surface area contributed by atoms with Crippen molar-refractivity contribution in [1.82, 2.24) is 8.87 Å². The van der Waals surface area contributed by atoms with Crippen molar-refractivity contribution in [2.45, 2.75) is 25.3 Å². The van der Waals surface area contributed by atoms with Gasteiger partial charge in [0.05, 0.1) is 18.1 Å². The predicted molar refractivity (Wildman–Crippen MR) is 124 cm³/mol. The Hall–Kier alpha value is -3.01. The smallest absolute Gasteiger partial charge is 0.331 e. The molecule has 1 aromatic heterocycles. The molecule has 1 fully saturated rings. The maximum absolute atomic E-state index is 12.7. The Morgan fingerprint density at radius 2 is 1.82 bits per heavy atom. The SMILES string of the molecule is C=CCn1c(C)cc(C(=O)COC(=O)/C=C/c2ccc(S(=O)(=O)N3CCOCC3)cc2)c1C. The molecule has 0 aliphatic carbocycles. The van der Waals surface area contributed by atoms with Crippen molar-refractivity contribution in [3.63, 3.8) is 0 Å². The molecule has 1 aliphatic rings. The molecule has 1 saturated heterocycles. The van der Waals surface area contributed by atoms with Crippen LogP contribution < -0.4 is 0 Å². The molecule has 2 aromatic rings. The number of esters is 1. The Kier molecular flexibility index (Phi) is 8.01. The van der Waals surface area contributed by atoms with Crippen molar-refractivity contribution in [1.29, 1.82) is 0 Å². The lowest BCUT2D eigenvalue weighted by Gasteiger charge is -2.26. The quantitative estimate of drug-likeness (QED) is 0.241. The highest BCUT2D eigenvalue weighted by Crippen LogP contribution is 2.19. The number of aromatic nitrogens is 1. The molecule has 0 amide bonds. The Labute approximate surface area is 194 Å². The molecule has 33 heavy (non-hydrogen) atoms. The van der Waals surface area contributed by atoms with Crippen molar-refractivity contribution in [3.8, 4) is 0 Å². The van der Waals surface area contributed by atoms with Crippen LogP contribution >= 0.6 is 0 Å². The van der Waals surface area contributed by atoms with Crippen molar-refractivity contribution in [3.05, 3.63) is 71.6 Å². The van der Waals surface area contributed by atoms with Crippen LogP contribution in [0.25, 0.3) is 6.08 Å². The Morgan fingerprint density at radius 3 is 2.45 bits per heavy atom. The van der Waals surface area contributed by atoms with Crippen LogP contribution in [0, 0.1) is 13.8 Å². The molecule has 0 spiro atoms. The Morgan fingerprint density at radius 1 is 1.15 bits per heavy atom. The number of benzene rings is 1. The Bertz CT molecular complexity index is 1160. The van der Waals surface area contributed by atoms with Crippen molar-refractivity contribution in [2.24, 2.45) is 0 Å². The number of carbonyl (C=O) groups excluding carboxylic acids is 2. The number of hydrogen-bond donors (Lipinski definition) is 0. The first-order chi connectivity index (χ1) is 15.7. The summed E-state index contributed by atoms with van der Waals surface area (Å²) in [6.07, 6.45) is 4.47. The van der Waals surface area contributed by atoms with Gasteiger partial charge < -0.3 is 14.0 Å². The molecule has 0 unspecified atom stereocenters.